The maximum Gasteiger partial charge on any atom is 0.253 e. The number of nitrogens with one attached hydrogen (secondary N) is 1. The fraction of sp³-hybridized carbons (Fsp3) is 0.533. The van der Waals surface area contributed by atoms with Crippen LogP contribution in [0.3, 0.4) is 0 Å². The molecule has 0 spiro atoms. The van der Waals surface area contributed by atoms with Crippen molar-refractivity contribution in [2.75, 3.05) is 11.4 Å². The third-order valence-corrected chi connectivity index (χ3v) is 8.75. The highest BCUT2D eigenvalue weighted by Crippen LogP contribution is 2.57. The number of hydrogen-bond acceptors (Lipinski definition) is 7. The third-order valence-electron chi connectivity index (χ3n) is 8.75. The van der Waals surface area contributed by atoms with Gasteiger partial charge in [-0.3, -0.25) is 4.79 Å². The topological polar surface area (TPSA) is 92.9 Å². The van der Waals surface area contributed by atoms with E-state index >= 15 is 0 Å². The van der Waals surface area contributed by atoms with Crippen LogP contribution in [-0.4, -0.2) is 34.7 Å². The van der Waals surface area contributed by atoms with E-state index in [1.54, 1.807) is 0 Å². The molecule has 9 heteroatoms. The molecule has 4 aliphatic carbocycles. The Hall–Kier alpha value is -3.49. The molecule has 1 N–H and O–H groups in total. The fourth-order valence-corrected chi connectivity index (χ4v) is 5.89. The van der Waals surface area contributed by atoms with Crippen molar-refractivity contribution in [3.05, 3.63) is 59.5 Å². The second kappa shape index (κ2) is 9.61. The standard InChI is InChI=1S/C30H36FN5O3/c1-18(2)25-32-27(38-34-25)23-10-11-30(15-21(23)16-30)17-36(24(37)9-8-19(3)31)22-7-5-6-20(14-22)26-33-28(39-35-26)29(4)12-13-29/h5-7,14,18,28H,3,8-13,15-17H2,1-2,4H3,(H,33,35). The number of oxime groups is 1. The number of fused-ring (bicyclic) bond motifs is 2. The number of allylic oxidation sites excluding steroid dienone is 3. The van der Waals surface area contributed by atoms with Crippen LogP contribution in [0.2, 0.25) is 0 Å². The van der Waals surface area contributed by atoms with Gasteiger partial charge < -0.3 is 19.6 Å². The smallest absolute Gasteiger partial charge is 0.253 e. The summed E-state index contributed by atoms with van der Waals surface area (Å²) in [6, 6.07) is 7.81. The summed E-state index contributed by atoms with van der Waals surface area (Å²) in [7, 11) is 0. The maximum absolute atomic E-state index is 13.5. The normalized spacial score (nSPS) is 22.1. The number of nitrogens with zero attached hydrogens (tertiary/aromatic N) is 4. The molecule has 5 aliphatic rings. The number of amides is 1. The van der Waals surface area contributed by atoms with Crippen LogP contribution < -0.4 is 10.2 Å². The average molecular weight is 534 g/mol. The summed E-state index contributed by atoms with van der Waals surface area (Å²) >= 11 is 0. The molecule has 2 aromatic rings. The minimum Gasteiger partial charge on any atom is -0.368 e. The highest BCUT2D eigenvalue weighted by atomic mass is 19.1. The highest BCUT2D eigenvalue weighted by molar-refractivity contribution is 6.01. The Balaban J connectivity index is 1.21. The molecule has 1 amide bonds. The number of benzene rings is 1. The van der Waals surface area contributed by atoms with Gasteiger partial charge >= 0.3 is 0 Å². The Morgan fingerprint density at radius 1 is 1.26 bits per heavy atom. The zero-order valence-electron chi connectivity index (χ0n) is 22.9. The van der Waals surface area contributed by atoms with E-state index in [0.717, 1.165) is 61.2 Å². The van der Waals surface area contributed by atoms with E-state index in [2.05, 4.69) is 48.0 Å². The molecule has 1 atom stereocenters. The summed E-state index contributed by atoms with van der Waals surface area (Å²) in [5, 5.41) is 11.8. The van der Waals surface area contributed by atoms with Crippen LogP contribution in [0, 0.1) is 10.8 Å². The molecule has 39 heavy (non-hydrogen) atoms. The van der Waals surface area contributed by atoms with Crippen molar-refractivity contribution in [3.63, 3.8) is 0 Å². The molecule has 2 bridgehead atoms. The third kappa shape index (κ3) is 4.99. The van der Waals surface area contributed by atoms with Crippen molar-refractivity contribution in [1.29, 1.82) is 0 Å². The van der Waals surface area contributed by atoms with Gasteiger partial charge in [0.05, 0.1) is 5.83 Å². The highest BCUT2D eigenvalue weighted by Gasteiger charge is 2.50. The first-order valence-electron chi connectivity index (χ1n) is 13.9. The van der Waals surface area contributed by atoms with Crippen LogP contribution in [-0.2, 0) is 9.63 Å². The zero-order chi connectivity index (χ0) is 27.4. The zero-order valence-corrected chi connectivity index (χ0v) is 22.9. The van der Waals surface area contributed by atoms with Gasteiger partial charge in [-0.15, -0.1) is 0 Å². The summed E-state index contributed by atoms with van der Waals surface area (Å²) in [5.74, 6) is 1.66. The van der Waals surface area contributed by atoms with Crippen molar-refractivity contribution in [2.45, 2.75) is 84.3 Å². The first kappa shape index (κ1) is 25.8. The SMILES string of the molecule is C=C(F)CCC(=O)N(CC12CCC(c3nc(C(C)C)no3)=C(C1)C2)c1cccc(C2=NOC(C3(C)CC3)N2)c1. The Bertz CT molecular complexity index is 1360. The van der Waals surface area contributed by atoms with Crippen LogP contribution in [0.15, 0.2) is 51.9 Å². The molecule has 0 radical (unpaired) electrons. The fourth-order valence-electron chi connectivity index (χ4n) is 5.89. The second-order valence-electron chi connectivity index (χ2n) is 12.3. The van der Waals surface area contributed by atoms with Gasteiger partial charge in [-0.05, 0) is 56.1 Å². The predicted molar refractivity (Wildman–Crippen MR) is 146 cm³/mol. The van der Waals surface area contributed by atoms with Crippen LogP contribution in [0.1, 0.15) is 95.3 Å². The van der Waals surface area contributed by atoms with Crippen LogP contribution in [0.25, 0.3) is 5.57 Å². The number of carbonyl (C=O) groups excluding carboxylic acids is 1. The maximum atomic E-state index is 13.5. The number of halogens is 1. The Morgan fingerprint density at radius 2 is 2.05 bits per heavy atom. The molecule has 1 aromatic carbocycles. The van der Waals surface area contributed by atoms with Crippen molar-refractivity contribution in [2.24, 2.45) is 16.0 Å². The molecule has 2 saturated carbocycles. The molecular weight excluding hydrogens is 497 g/mol. The molecule has 206 valence electrons. The molecule has 7 rings (SSSR count). The second-order valence-corrected chi connectivity index (χ2v) is 12.3. The quantitative estimate of drug-likeness (QED) is 0.390. The largest absolute Gasteiger partial charge is 0.368 e. The average Bonchev–Trinajstić information content (AvgIpc) is 3.29. The van der Waals surface area contributed by atoms with Gasteiger partial charge in [0.2, 0.25) is 12.1 Å². The molecule has 1 aliphatic heterocycles. The van der Waals surface area contributed by atoms with E-state index < -0.39 is 5.83 Å². The summed E-state index contributed by atoms with van der Waals surface area (Å²) in [4.78, 5) is 25.6. The Kier molecular flexibility index (Phi) is 6.35. The molecule has 1 unspecified atom stereocenters. The monoisotopic (exact) mass is 533 g/mol. The summed E-state index contributed by atoms with van der Waals surface area (Å²) in [6.07, 6.45) is 5.75. The summed E-state index contributed by atoms with van der Waals surface area (Å²) < 4.78 is 19.1. The summed E-state index contributed by atoms with van der Waals surface area (Å²) in [5.41, 5.74) is 4.24. The van der Waals surface area contributed by atoms with E-state index in [4.69, 9.17) is 9.36 Å². The number of anilines is 1. The van der Waals surface area contributed by atoms with Gasteiger partial charge in [-0.25, -0.2) is 4.39 Å². The van der Waals surface area contributed by atoms with Gasteiger partial charge in [0, 0.05) is 47.5 Å². The van der Waals surface area contributed by atoms with E-state index in [1.165, 1.54) is 5.57 Å². The minimum absolute atomic E-state index is 0.0178. The van der Waals surface area contributed by atoms with Crippen molar-refractivity contribution in [3.8, 4) is 0 Å². The number of amidine groups is 1. The lowest BCUT2D eigenvalue weighted by Crippen LogP contribution is -2.48. The van der Waals surface area contributed by atoms with Gasteiger partial charge in [0.1, 0.15) is 0 Å². The molecule has 2 fully saturated rings. The van der Waals surface area contributed by atoms with Gasteiger partial charge in [0.15, 0.2) is 11.7 Å². The predicted octanol–water partition coefficient (Wildman–Crippen LogP) is 6.22. The lowest BCUT2D eigenvalue weighted by Gasteiger charge is -2.51. The van der Waals surface area contributed by atoms with Crippen LogP contribution in [0.5, 0.6) is 0 Å². The lowest BCUT2D eigenvalue weighted by atomic mass is 9.57. The number of hydrogen-bond donors (Lipinski definition) is 1. The molecule has 0 saturated heterocycles. The molecule has 1 aromatic heterocycles. The van der Waals surface area contributed by atoms with E-state index in [1.807, 2.05) is 29.2 Å². The van der Waals surface area contributed by atoms with Crippen LogP contribution >= 0.6 is 0 Å². The number of rotatable bonds is 10. The van der Waals surface area contributed by atoms with E-state index in [-0.39, 0.29) is 41.7 Å². The molecule has 8 nitrogen and oxygen atoms in total. The van der Waals surface area contributed by atoms with Crippen molar-refractivity contribution < 1.29 is 18.5 Å². The van der Waals surface area contributed by atoms with E-state index in [0.29, 0.717) is 18.3 Å². The Morgan fingerprint density at radius 3 is 2.69 bits per heavy atom. The first-order chi connectivity index (χ1) is 18.6. The van der Waals surface area contributed by atoms with Gasteiger partial charge in [0.25, 0.3) is 5.89 Å². The number of aromatic nitrogens is 2. The molecule has 2 heterocycles. The van der Waals surface area contributed by atoms with Gasteiger partial charge in [-0.2, -0.15) is 4.98 Å². The van der Waals surface area contributed by atoms with Gasteiger partial charge in [-0.1, -0.05) is 55.4 Å². The molecular formula is C30H36FN5O3. The number of carbonyl (C=O) groups is 1. The minimum atomic E-state index is -0.479. The first-order valence-corrected chi connectivity index (χ1v) is 13.9. The van der Waals surface area contributed by atoms with E-state index in [9.17, 15) is 9.18 Å². The Labute approximate surface area is 228 Å². The van der Waals surface area contributed by atoms with Crippen LogP contribution in [0.4, 0.5) is 10.1 Å². The lowest BCUT2D eigenvalue weighted by molar-refractivity contribution is -0.119. The van der Waals surface area contributed by atoms with Crippen molar-refractivity contribution >= 4 is 23.0 Å². The van der Waals surface area contributed by atoms with Crippen molar-refractivity contribution in [1.82, 2.24) is 15.5 Å². The summed E-state index contributed by atoms with van der Waals surface area (Å²) in [6.45, 7) is 10.2.